The first-order valence-electron chi connectivity index (χ1n) is 5.92. The Morgan fingerprint density at radius 3 is 3.07 bits per heavy atom. The number of nitrogens with one attached hydrogen (secondary N) is 1. The molecule has 3 unspecified atom stereocenters. The Labute approximate surface area is 86.4 Å². The Morgan fingerprint density at radius 2 is 2.36 bits per heavy atom. The van der Waals surface area contributed by atoms with Gasteiger partial charge in [0.1, 0.15) is 0 Å². The molecule has 0 amide bonds. The van der Waals surface area contributed by atoms with Gasteiger partial charge < -0.3 is 10.4 Å². The summed E-state index contributed by atoms with van der Waals surface area (Å²) in [5, 5.41) is 12.5. The smallest absolute Gasteiger partial charge is 0.0468 e. The Balaban J connectivity index is 2.02. The van der Waals surface area contributed by atoms with Crippen molar-refractivity contribution in [2.24, 2.45) is 11.8 Å². The van der Waals surface area contributed by atoms with Crippen LogP contribution in [0.15, 0.2) is 11.8 Å². The summed E-state index contributed by atoms with van der Waals surface area (Å²) in [6.45, 7) is 2.59. The van der Waals surface area contributed by atoms with Crippen LogP contribution in [0, 0.1) is 11.8 Å². The number of rotatable bonds is 3. The highest BCUT2D eigenvalue weighted by atomic mass is 16.2. The molecule has 2 heteroatoms. The number of aliphatic hydroxyl groups is 1. The summed E-state index contributed by atoms with van der Waals surface area (Å²) in [6.07, 6.45) is 8.38. The Kier molecular flexibility index (Phi) is 3.12. The topological polar surface area (TPSA) is 32.3 Å². The Morgan fingerprint density at radius 1 is 1.50 bits per heavy atom. The van der Waals surface area contributed by atoms with Crippen molar-refractivity contribution in [3.8, 4) is 0 Å². The molecule has 0 aromatic rings. The molecule has 1 saturated carbocycles. The van der Waals surface area contributed by atoms with E-state index in [9.17, 15) is 0 Å². The van der Waals surface area contributed by atoms with Gasteiger partial charge in [-0.2, -0.15) is 0 Å². The van der Waals surface area contributed by atoms with Crippen molar-refractivity contribution in [1.82, 2.24) is 5.32 Å². The van der Waals surface area contributed by atoms with Crippen molar-refractivity contribution in [1.29, 1.82) is 0 Å². The molecule has 2 nitrogen and oxygen atoms in total. The molecule has 0 spiro atoms. The van der Waals surface area contributed by atoms with Crippen LogP contribution in [-0.2, 0) is 0 Å². The predicted molar refractivity (Wildman–Crippen MR) is 57.8 cm³/mol. The molecule has 2 aliphatic rings. The molecule has 1 heterocycles. The van der Waals surface area contributed by atoms with Crippen LogP contribution in [0.3, 0.4) is 0 Å². The molecule has 3 atom stereocenters. The summed E-state index contributed by atoms with van der Waals surface area (Å²) < 4.78 is 0. The molecule has 0 aromatic carbocycles. The summed E-state index contributed by atoms with van der Waals surface area (Å²) in [5.41, 5.74) is 1.45. The number of aliphatic hydroxyl groups excluding tert-OH is 1. The van der Waals surface area contributed by atoms with E-state index in [1.165, 1.54) is 31.3 Å². The standard InChI is InChI=1S/C12H21NO/c1-2-9-4-3-5-11-10(6-7-14)8-13-12(9)11/h8-9,11-14H,2-7H2,1H3. The molecule has 0 aromatic heterocycles. The van der Waals surface area contributed by atoms with Gasteiger partial charge in [-0.25, -0.2) is 0 Å². The number of hydrogen-bond donors (Lipinski definition) is 2. The van der Waals surface area contributed by atoms with Gasteiger partial charge in [-0.3, -0.25) is 0 Å². The minimum atomic E-state index is 0.299. The fourth-order valence-electron chi connectivity index (χ4n) is 3.11. The van der Waals surface area contributed by atoms with Crippen LogP contribution in [0.25, 0.3) is 0 Å². The minimum Gasteiger partial charge on any atom is -0.396 e. The van der Waals surface area contributed by atoms with Crippen LogP contribution in [0.4, 0.5) is 0 Å². The summed E-state index contributed by atoms with van der Waals surface area (Å²) >= 11 is 0. The minimum absolute atomic E-state index is 0.299. The first-order chi connectivity index (χ1) is 6.86. The molecule has 2 rings (SSSR count). The zero-order chi connectivity index (χ0) is 9.97. The predicted octanol–water partition coefficient (Wildman–Crippen LogP) is 2.05. The molecule has 0 radical (unpaired) electrons. The van der Waals surface area contributed by atoms with Gasteiger partial charge in [0.25, 0.3) is 0 Å². The van der Waals surface area contributed by atoms with E-state index < -0.39 is 0 Å². The van der Waals surface area contributed by atoms with E-state index in [2.05, 4.69) is 18.4 Å². The van der Waals surface area contributed by atoms with Crippen LogP contribution in [0.1, 0.15) is 39.0 Å². The van der Waals surface area contributed by atoms with Gasteiger partial charge >= 0.3 is 0 Å². The Bertz CT molecular complexity index is 224. The summed E-state index contributed by atoms with van der Waals surface area (Å²) in [6, 6.07) is 0.676. The van der Waals surface area contributed by atoms with Gasteiger partial charge in [0.2, 0.25) is 0 Å². The van der Waals surface area contributed by atoms with E-state index in [0.29, 0.717) is 12.6 Å². The molecule has 1 aliphatic heterocycles. The molecule has 1 aliphatic carbocycles. The van der Waals surface area contributed by atoms with Crippen molar-refractivity contribution in [2.45, 2.75) is 45.1 Å². The van der Waals surface area contributed by atoms with Gasteiger partial charge in [0.05, 0.1) is 0 Å². The SMILES string of the molecule is CCC1CCCC2C(CCO)=CNC12. The third kappa shape index (κ3) is 1.68. The van der Waals surface area contributed by atoms with Crippen LogP contribution in [-0.4, -0.2) is 17.8 Å². The second-order valence-corrected chi connectivity index (χ2v) is 4.59. The van der Waals surface area contributed by atoms with Crippen LogP contribution < -0.4 is 5.32 Å². The van der Waals surface area contributed by atoms with E-state index in [0.717, 1.165) is 18.3 Å². The van der Waals surface area contributed by atoms with E-state index in [-0.39, 0.29) is 0 Å². The maximum Gasteiger partial charge on any atom is 0.0468 e. The maximum absolute atomic E-state index is 8.97. The fourth-order valence-corrected chi connectivity index (χ4v) is 3.11. The fraction of sp³-hybridized carbons (Fsp3) is 0.833. The zero-order valence-electron chi connectivity index (χ0n) is 9.00. The molecule has 1 fully saturated rings. The largest absolute Gasteiger partial charge is 0.396 e. The normalized spacial score (nSPS) is 36.1. The van der Waals surface area contributed by atoms with Crippen molar-refractivity contribution in [3.05, 3.63) is 11.8 Å². The highest BCUT2D eigenvalue weighted by Crippen LogP contribution is 2.39. The first kappa shape index (κ1) is 10.0. The van der Waals surface area contributed by atoms with Crippen molar-refractivity contribution in [3.63, 3.8) is 0 Å². The van der Waals surface area contributed by atoms with Crippen LogP contribution in [0.2, 0.25) is 0 Å². The lowest BCUT2D eigenvalue weighted by atomic mass is 9.74. The first-order valence-corrected chi connectivity index (χ1v) is 5.92. The third-order valence-corrected chi connectivity index (χ3v) is 3.89. The zero-order valence-corrected chi connectivity index (χ0v) is 9.00. The van der Waals surface area contributed by atoms with Gasteiger partial charge in [-0.15, -0.1) is 0 Å². The molecular formula is C12H21NO. The summed E-state index contributed by atoms with van der Waals surface area (Å²) in [4.78, 5) is 0. The third-order valence-electron chi connectivity index (χ3n) is 3.89. The highest BCUT2D eigenvalue weighted by molar-refractivity contribution is 5.18. The second kappa shape index (κ2) is 4.35. The maximum atomic E-state index is 8.97. The lowest BCUT2D eigenvalue weighted by molar-refractivity contribution is 0.224. The highest BCUT2D eigenvalue weighted by Gasteiger charge is 2.36. The van der Waals surface area contributed by atoms with E-state index >= 15 is 0 Å². The number of hydrogen-bond acceptors (Lipinski definition) is 2. The van der Waals surface area contributed by atoms with Gasteiger partial charge in [0.15, 0.2) is 0 Å². The molecule has 14 heavy (non-hydrogen) atoms. The molecule has 0 bridgehead atoms. The number of fused-ring (bicyclic) bond motifs is 1. The average molecular weight is 195 g/mol. The average Bonchev–Trinajstić information content (AvgIpc) is 2.62. The van der Waals surface area contributed by atoms with Crippen molar-refractivity contribution in [2.75, 3.05) is 6.61 Å². The van der Waals surface area contributed by atoms with Crippen molar-refractivity contribution >= 4 is 0 Å². The monoisotopic (exact) mass is 195 g/mol. The lowest BCUT2D eigenvalue weighted by Crippen LogP contribution is -2.38. The van der Waals surface area contributed by atoms with Gasteiger partial charge in [0, 0.05) is 18.6 Å². The molecule has 2 N–H and O–H groups in total. The Hall–Kier alpha value is -0.500. The van der Waals surface area contributed by atoms with Gasteiger partial charge in [-0.1, -0.05) is 19.8 Å². The second-order valence-electron chi connectivity index (χ2n) is 4.59. The van der Waals surface area contributed by atoms with Crippen LogP contribution >= 0.6 is 0 Å². The summed E-state index contributed by atoms with van der Waals surface area (Å²) in [7, 11) is 0. The van der Waals surface area contributed by atoms with E-state index in [4.69, 9.17) is 5.11 Å². The van der Waals surface area contributed by atoms with Crippen molar-refractivity contribution < 1.29 is 5.11 Å². The lowest BCUT2D eigenvalue weighted by Gasteiger charge is -2.34. The molecular weight excluding hydrogens is 174 g/mol. The van der Waals surface area contributed by atoms with Gasteiger partial charge in [-0.05, 0) is 37.0 Å². The summed E-state index contributed by atoms with van der Waals surface area (Å²) in [5.74, 6) is 1.57. The molecule has 0 saturated heterocycles. The molecule has 80 valence electrons. The van der Waals surface area contributed by atoms with E-state index in [1.807, 2.05) is 0 Å². The quantitative estimate of drug-likeness (QED) is 0.722. The van der Waals surface area contributed by atoms with E-state index in [1.54, 1.807) is 0 Å². The van der Waals surface area contributed by atoms with Crippen LogP contribution in [0.5, 0.6) is 0 Å².